The van der Waals surface area contributed by atoms with Gasteiger partial charge >= 0.3 is 0 Å². The fourth-order valence-electron chi connectivity index (χ4n) is 2.75. The van der Waals surface area contributed by atoms with Gasteiger partial charge in [0.2, 0.25) is 0 Å². The number of likely N-dealkylation sites (N-methyl/N-ethyl adjacent to an activating group) is 1. The van der Waals surface area contributed by atoms with Crippen LogP contribution in [0, 0.1) is 0 Å². The lowest BCUT2D eigenvalue weighted by Gasteiger charge is -2.29. The number of hydrogen-bond acceptors (Lipinski definition) is 3. The summed E-state index contributed by atoms with van der Waals surface area (Å²) in [7, 11) is 2.14. The smallest absolute Gasteiger partial charge is 0.0551 e. The lowest BCUT2D eigenvalue weighted by atomic mass is 10.1. The van der Waals surface area contributed by atoms with Crippen LogP contribution in [-0.2, 0) is 0 Å². The van der Waals surface area contributed by atoms with Gasteiger partial charge in [0.1, 0.15) is 0 Å². The SMILES string of the molecule is CN(CCN1CCCC1)C(CN)c1ccc(Br)c(Cl)c1. The molecule has 1 heterocycles. The predicted molar refractivity (Wildman–Crippen MR) is 89.3 cm³/mol. The first kappa shape index (κ1) is 16.2. The molecule has 0 aliphatic carbocycles. The molecule has 3 nitrogen and oxygen atoms in total. The fourth-order valence-corrected chi connectivity index (χ4v) is 3.19. The van der Waals surface area contributed by atoms with Crippen LogP contribution >= 0.6 is 27.5 Å². The average molecular weight is 361 g/mol. The lowest BCUT2D eigenvalue weighted by Crippen LogP contribution is -2.36. The summed E-state index contributed by atoms with van der Waals surface area (Å²) in [5.74, 6) is 0. The Morgan fingerprint density at radius 3 is 2.70 bits per heavy atom. The van der Waals surface area contributed by atoms with Crippen molar-refractivity contribution in [1.82, 2.24) is 9.80 Å². The van der Waals surface area contributed by atoms with E-state index in [1.807, 2.05) is 12.1 Å². The van der Waals surface area contributed by atoms with Crippen LogP contribution in [0.25, 0.3) is 0 Å². The van der Waals surface area contributed by atoms with Gasteiger partial charge in [-0.3, -0.25) is 4.90 Å². The number of rotatable bonds is 6. The number of likely N-dealkylation sites (tertiary alicyclic amines) is 1. The molecule has 0 amide bonds. The Kier molecular flexibility index (Phi) is 6.30. The van der Waals surface area contributed by atoms with Crippen molar-refractivity contribution >= 4 is 27.5 Å². The van der Waals surface area contributed by atoms with E-state index in [-0.39, 0.29) is 6.04 Å². The molecule has 1 aliphatic rings. The Morgan fingerprint density at radius 1 is 1.40 bits per heavy atom. The van der Waals surface area contributed by atoms with E-state index < -0.39 is 0 Å². The van der Waals surface area contributed by atoms with E-state index in [4.69, 9.17) is 17.3 Å². The number of nitrogens with zero attached hydrogens (tertiary/aromatic N) is 2. The van der Waals surface area contributed by atoms with Crippen LogP contribution in [0.1, 0.15) is 24.4 Å². The molecule has 0 saturated carbocycles. The van der Waals surface area contributed by atoms with Gasteiger partial charge < -0.3 is 10.6 Å². The molecule has 1 aromatic carbocycles. The van der Waals surface area contributed by atoms with Crippen LogP contribution in [0.4, 0.5) is 0 Å². The van der Waals surface area contributed by atoms with Crippen molar-refractivity contribution in [2.24, 2.45) is 5.73 Å². The Balaban J connectivity index is 1.96. The van der Waals surface area contributed by atoms with Gasteiger partial charge in [0.25, 0.3) is 0 Å². The first-order valence-electron chi connectivity index (χ1n) is 7.19. The minimum atomic E-state index is 0.225. The van der Waals surface area contributed by atoms with Crippen molar-refractivity contribution in [3.8, 4) is 0 Å². The Labute approximate surface area is 135 Å². The molecule has 0 bridgehead atoms. The van der Waals surface area contributed by atoms with Crippen LogP contribution in [0.5, 0.6) is 0 Å². The topological polar surface area (TPSA) is 32.5 Å². The van der Waals surface area contributed by atoms with Crippen LogP contribution in [0.2, 0.25) is 5.02 Å². The maximum atomic E-state index is 6.19. The van der Waals surface area contributed by atoms with E-state index in [1.54, 1.807) is 0 Å². The molecule has 1 aliphatic heterocycles. The van der Waals surface area contributed by atoms with Crippen molar-refractivity contribution < 1.29 is 0 Å². The van der Waals surface area contributed by atoms with E-state index in [9.17, 15) is 0 Å². The molecule has 0 radical (unpaired) electrons. The molecule has 2 rings (SSSR count). The summed E-state index contributed by atoms with van der Waals surface area (Å²) in [5, 5.41) is 0.744. The first-order valence-corrected chi connectivity index (χ1v) is 8.36. The number of nitrogens with two attached hydrogens (primary N) is 1. The van der Waals surface area contributed by atoms with Crippen molar-refractivity contribution in [3.05, 3.63) is 33.3 Å². The third-order valence-electron chi connectivity index (χ3n) is 4.05. The quantitative estimate of drug-likeness (QED) is 0.846. The molecule has 1 atom stereocenters. The van der Waals surface area contributed by atoms with E-state index in [1.165, 1.54) is 31.5 Å². The molecule has 1 unspecified atom stereocenters. The highest BCUT2D eigenvalue weighted by molar-refractivity contribution is 9.10. The third kappa shape index (κ3) is 4.18. The minimum Gasteiger partial charge on any atom is -0.329 e. The molecular formula is C15H23BrClN3. The Bertz CT molecular complexity index is 435. The van der Waals surface area contributed by atoms with Gasteiger partial charge in [-0.05, 0) is 66.6 Å². The van der Waals surface area contributed by atoms with Gasteiger partial charge in [-0.1, -0.05) is 17.7 Å². The van der Waals surface area contributed by atoms with Crippen LogP contribution < -0.4 is 5.73 Å². The summed E-state index contributed by atoms with van der Waals surface area (Å²) in [5.41, 5.74) is 7.15. The summed E-state index contributed by atoms with van der Waals surface area (Å²) in [6.45, 7) is 5.25. The monoisotopic (exact) mass is 359 g/mol. The summed E-state index contributed by atoms with van der Waals surface area (Å²) in [6, 6.07) is 6.33. The Hall–Kier alpha value is -0.130. The second kappa shape index (κ2) is 7.76. The number of hydrogen-bond donors (Lipinski definition) is 1. The largest absolute Gasteiger partial charge is 0.329 e. The summed E-state index contributed by atoms with van der Waals surface area (Å²) < 4.78 is 0.929. The average Bonchev–Trinajstić information content (AvgIpc) is 2.94. The highest BCUT2D eigenvalue weighted by Crippen LogP contribution is 2.27. The summed E-state index contributed by atoms with van der Waals surface area (Å²) in [6.07, 6.45) is 2.68. The Morgan fingerprint density at radius 2 is 2.10 bits per heavy atom. The van der Waals surface area contributed by atoms with Crippen molar-refractivity contribution in [2.45, 2.75) is 18.9 Å². The van der Waals surface area contributed by atoms with E-state index >= 15 is 0 Å². The number of benzene rings is 1. The molecular weight excluding hydrogens is 338 g/mol. The van der Waals surface area contributed by atoms with E-state index in [0.717, 1.165) is 22.6 Å². The molecule has 1 saturated heterocycles. The maximum absolute atomic E-state index is 6.19. The van der Waals surface area contributed by atoms with E-state index in [2.05, 4.69) is 38.8 Å². The van der Waals surface area contributed by atoms with E-state index in [0.29, 0.717) is 6.54 Å². The van der Waals surface area contributed by atoms with Gasteiger partial charge in [0, 0.05) is 30.1 Å². The second-order valence-corrected chi connectivity index (χ2v) is 6.72. The molecule has 2 N–H and O–H groups in total. The maximum Gasteiger partial charge on any atom is 0.0551 e. The van der Waals surface area contributed by atoms with Gasteiger partial charge in [-0.25, -0.2) is 0 Å². The molecule has 20 heavy (non-hydrogen) atoms. The van der Waals surface area contributed by atoms with Crippen molar-refractivity contribution in [3.63, 3.8) is 0 Å². The first-order chi connectivity index (χ1) is 9.61. The normalized spacial score (nSPS) is 17.9. The van der Waals surface area contributed by atoms with Gasteiger partial charge in [-0.2, -0.15) is 0 Å². The second-order valence-electron chi connectivity index (χ2n) is 5.45. The van der Waals surface area contributed by atoms with Gasteiger partial charge in [-0.15, -0.1) is 0 Å². The zero-order chi connectivity index (χ0) is 14.5. The van der Waals surface area contributed by atoms with Crippen molar-refractivity contribution in [2.75, 3.05) is 39.8 Å². The molecule has 5 heteroatoms. The fraction of sp³-hybridized carbons (Fsp3) is 0.600. The predicted octanol–water partition coefficient (Wildman–Crippen LogP) is 3.13. The molecule has 0 aromatic heterocycles. The highest BCUT2D eigenvalue weighted by Gasteiger charge is 2.18. The summed E-state index contributed by atoms with van der Waals surface area (Å²) in [4.78, 5) is 4.86. The third-order valence-corrected chi connectivity index (χ3v) is 5.28. The molecule has 0 spiro atoms. The number of halogens is 2. The van der Waals surface area contributed by atoms with Gasteiger partial charge in [0.05, 0.1) is 5.02 Å². The van der Waals surface area contributed by atoms with Crippen LogP contribution in [0.15, 0.2) is 22.7 Å². The zero-order valence-electron chi connectivity index (χ0n) is 12.0. The van der Waals surface area contributed by atoms with Crippen LogP contribution in [-0.4, -0.2) is 49.6 Å². The molecule has 112 valence electrons. The van der Waals surface area contributed by atoms with Crippen LogP contribution in [0.3, 0.4) is 0 Å². The summed E-state index contributed by atoms with van der Waals surface area (Å²) >= 11 is 9.62. The lowest BCUT2D eigenvalue weighted by molar-refractivity contribution is 0.209. The van der Waals surface area contributed by atoms with Crippen molar-refractivity contribution in [1.29, 1.82) is 0 Å². The molecule has 1 fully saturated rings. The standard InChI is InChI=1S/C15H23BrClN3/c1-19(8-9-20-6-2-3-7-20)15(11-18)12-4-5-13(16)14(17)10-12/h4-5,10,15H,2-3,6-9,11,18H2,1H3. The molecule has 1 aromatic rings. The highest BCUT2D eigenvalue weighted by atomic mass is 79.9. The van der Waals surface area contributed by atoms with Gasteiger partial charge in [0.15, 0.2) is 0 Å². The zero-order valence-corrected chi connectivity index (χ0v) is 14.3. The minimum absolute atomic E-state index is 0.225.